The maximum atomic E-state index is 12.2. The number of nitrogens with zero attached hydrogens (tertiary/aromatic N) is 1. The van der Waals surface area contributed by atoms with Gasteiger partial charge in [-0.15, -0.1) is 0 Å². The van der Waals surface area contributed by atoms with Crippen molar-refractivity contribution in [1.29, 1.82) is 0 Å². The van der Waals surface area contributed by atoms with Crippen LogP contribution in [0.3, 0.4) is 0 Å². The Hall–Kier alpha value is -2.19. The van der Waals surface area contributed by atoms with Gasteiger partial charge in [0.15, 0.2) is 6.10 Å². The Morgan fingerprint density at radius 2 is 2.13 bits per heavy atom. The standard InChI is InChI=1S/C15H19N3O5/c1-2-16-15(20)23-11-8-22-12-10(7-21-13(11)12)18-14(19)9-5-3-4-6-17-9/h3-6,10-13H,2,7-8H2,1H3,(H,16,20)(H,18,19)/t10-,11-,12-,13+/m0/s1. The van der Waals surface area contributed by atoms with Gasteiger partial charge in [0.2, 0.25) is 0 Å². The molecule has 8 nitrogen and oxygen atoms in total. The van der Waals surface area contributed by atoms with Crippen LogP contribution >= 0.6 is 0 Å². The van der Waals surface area contributed by atoms with Crippen molar-refractivity contribution in [3.8, 4) is 0 Å². The van der Waals surface area contributed by atoms with E-state index in [1.54, 1.807) is 24.4 Å². The molecule has 0 saturated carbocycles. The van der Waals surface area contributed by atoms with Crippen LogP contribution in [0.4, 0.5) is 4.79 Å². The minimum absolute atomic E-state index is 0.252. The number of amides is 2. The van der Waals surface area contributed by atoms with E-state index in [0.717, 1.165) is 0 Å². The monoisotopic (exact) mass is 321 g/mol. The molecule has 0 aromatic carbocycles. The molecule has 1 aromatic rings. The molecule has 3 heterocycles. The third kappa shape index (κ3) is 3.43. The van der Waals surface area contributed by atoms with Crippen molar-refractivity contribution < 1.29 is 23.8 Å². The highest BCUT2D eigenvalue weighted by atomic mass is 16.6. The highest BCUT2D eigenvalue weighted by molar-refractivity contribution is 5.92. The summed E-state index contributed by atoms with van der Waals surface area (Å²) in [6.45, 7) is 2.86. The van der Waals surface area contributed by atoms with Gasteiger partial charge in [0.25, 0.3) is 5.91 Å². The topological polar surface area (TPSA) is 98.8 Å². The number of ether oxygens (including phenoxy) is 3. The predicted octanol–water partition coefficient (Wildman–Crippen LogP) is 0.0923. The fourth-order valence-electron chi connectivity index (χ4n) is 2.75. The minimum atomic E-state index is -0.494. The second-order valence-corrected chi connectivity index (χ2v) is 5.36. The van der Waals surface area contributed by atoms with Gasteiger partial charge in [-0.25, -0.2) is 4.79 Å². The second-order valence-electron chi connectivity index (χ2n) is 5.36. The number of fused-ring (bicyclic) bond motifs is 1. The SMILES string of the molecule is CCNC(=O)O[C@H]1CO[C@@H]2[C@@H]1OC[C@@H]2NC(=O)c1ccccn1. The number of alkyl carbamates (subject to hydrolysis) is 1. The zero-order chi connectivity index (χ0) is 16.2. The third-order valence-corrected chi connectivity index (χ3v) is 3.80. The van der Waals surface area contributed by atoms with Gasteiger partial charge in [-0.1, -0.05) is 6.07 Å². The van der Waals surface area contributed by atoms with Gasteiger partial charge in [0.1, 0.15) is 17.9 Å². The lowest BCUT2D eigenvalue weighted by Gasteiger charge is -2.17. The molecule has 3 rings (SSSR count). The van der Waals surface area contributed by atoms with Crippen molar-refractivity contribution in [3.63, 3.8) is 0 Å². The maximum absolute atomic E-state index is 12.2. The van der Waals surface area contributed by atoms with E-state index in [2.05, 4.69) is 15.6 Å². The number of nitrogens with one attached hydrogen (secondary N) is 2. The summed E-state index contributed by atoms with van der Waals surface area (Å²) in [6.07, 6.45) is -0.103. The fourth-order valence-corrected chi connectivity index (χ4v) is 2.75. The van der Waals surface area contributed by atoms with E-state index in [1.807, 2.05) is 6.92 Å². The Balaban J connectivity index is 1.57. The summed E-state index contributed by atoms with van der Waals surface area (Å²) in [5, 5.41) is 5.43. The van der Waals surface area contributed by atoms with Gasteiger partial charge in [0, 0.05) is 12.7 Å². The smallest absolute Gasteiger partial charge is 0.407 e. The predicted molar refractivity (Wildman–Crippen MR) is 78.9 cm³/mol. The molecule has 8 heteroatoms. The highest BCUT2D eigenvalue weighted by Crippen LogP contribution is 2.29. The van der Waals surface area contributed by atoms with Crippen LogP contribution in [0.2, 0.25) is 0 Å². The Bertz CT molecular complexity index is 567. The summed E-state index contributed by atoms with van der Waals surface area (Å²) >= 11 is 0. The van der Waals surface area contributed by atoms with E-state index in [4.69, 9.17) is 14.2 Å². The maximum Gasteiger partial charge on any atom is 0.407 e. The number of carbonyl (C=O) groups excluding carboxylic acids is 2. The van der Waals surface area contributed by atoms with Gasteiger partial charge in [0.05, 0.1) is 19.3 Å². The van der Waals surface area contributed by atoms with Crippen molar-refractivity contribution in [2.24, 2.45) is 0 Å². The zero-order valence-electron chi connectivity index (χ0n) is 12.7. The number of hydrogen-bond donors (Lipinski definition) is 2. The zero-order valence-corrected chi connectivity index (χ0v) is 12.7. The molecule has 0 radical (unpaired) electrons. The van der Waals surface area contributed by atoms with Crippen LogP contribution in [-0.4, -0.2) is 61.1 Å². The lowest BCUT2D eigenvalue weighted by atomic mass is 10.1. The third-order valence-electron chi connectivity index (χ3n) is 3.80. The molecule has 0 bridgehead atoms. The first-order chi connectivity index (χ1) is 11.2. The average Bonchev–Trinajstić information content (AvgIpc) is 3.12. The van der Waals surface area contributed by atoms with Crippen molar-refractivity contribution in [2.75, 3.05) is 19.8 Å². The first-order valence-electron chi connectivity index (χ1n) is 7.58. The van der Waals surface area contributed by atoms with Crippen LogP contribution in [0.15, 0.2) is 24.4 Å². The first-order valence-corrected chi connectivity index (χ1v) is 7.58. The van der Waals surface area contributed by atoms with Gasteiger partial charge in [-0.2, -0.15) is 0 Å². The average molecular weight is 321 g/mol. The first kappa shape index (κ1) is 15.7. The number of rotatable bonds is 4. The molecule has 124 valence electrons. The van der Waals surface area contributed by atoms with E-state index >= 15 is 0 Å². The van der Waals surface area contributed by atoms with Crippen LogP contribution < -0.4 is 10.6 Å². The van der Waals surface area contributed by atoms with E-state index in [-0.39, 0.29) is 30.8 Å². The summed E-state index contributed by atoms with van der Waals surface area (Å²) in [4.78, 5) is 27.7. The van der Waals surface area contributed by atoms with Crippen molar-refractivity contribution in [2.45, 2.75) is 31.3 Å². The van der Waals surface area contributed by atoms with Gasteiger partial charge in [-0.3, -0.25) is 9.78 Å². The molecule has 23 heavy (non-hydrogen) atoms. The quantitative estimate of drug-likeness (QED) is 0.815. The molecular weight excluding hydrogens is 302 g/mol. The molecule has 0 spiro atoms. The highest BCUT2D eigenvalue weighted by Gasteiger charge is 2.50. The van der Waals surface area contributed by atoms with E-state index < -0.39 is 12.2 Å². The fraction of sp³-hybridized carbons (Fsp3) is 0.533. The van der Waals surface area contributed by atoms with Crippen molar-refractivity contribution in [3.05, 3.63) is 30.1 Å². The Labute approximate surface area is 133 Å². The summed E-state index contributed by atoms with van der Waals surface area (Å²) < 4.78 is 16.6. The van der Waals surface area contributed by atoms with Crippen LogP contribution in [0.25, 0.3) is 0 Å². The summed E-state index contributed by atoms with van der Waals surface area (Å²) in [6, 6.07) is 4.84. The number of aromatic nitrogens is 1. The van der Waals surface area contributed by atoms with E-state index in [9.17, 15) is 9.59 Å². The molecule has 1 aromatic heterocycles. The summed E-state index contributed by atoms with van der Waals surface area (Å²) in [5.41, 5.74) is 0.337. The normalized spacial score (nSPS) is 28.9. The summed E-state index contributed by atoms with van der Waals surface area (Å²) in [5.74, 6) is -0.281. The minimum Gasteiger partial charge on any atom is -0.441 e. The molecule has 2 saturated heterocycles. The summed E-state index contributed by atoms with van der Waals surface area (Å²) in [7, 11) is 0. The van der Waals surface area contributed by atoms with Crippen LogP contribution in [0.1, 0.15) is 17.4 Å². The van der Waals surface area contributed by atoms with E-state index in [1.165, 1.54) is 0 Å². The number of pyridine rings is 1. The molecule has 2 aliphatic rings. The van der Waals surface area contributed by atoms with Gasteiger partial charge >= 0.3 is 6.09 Å². The van der Waals surface area contributed by atoms with Crippen LogP contribution in [0.5, 0.6) is 0 Å². The Morgan fingerprint density at radius 3 is 2.87 bits per heavy atom. The van der Waals surface area contributed by atoms with Crippen molar-refractivity contribution in [1.82, 2.24) is 15.6 Å². The molecule has 2 aliphatic heterocycles. The molecule has 4 atom stereocenters. The lowest BCUT2D eigenvalue weighted by molar-refractivity contribution is 0.00408. The largest absolute Gasteiger partial charge is 0.441 e. The Kier molecular flexibility index (Phi) is 4.73. The molecule has 2 fully saturated rings. The van der Waals surface area contributed by atoms with E-state index in [0.29, 0.717) is 18.8 Å². The molecule has 0 unspecified atom stereocenters. The van der Waals surface area contributed by atoms with Gasteiger partial charge in [-0.05, 0) is 19.1 Å². The number of hydrogen-bond acceptors (Lipinski definition) is 6. The molecular formula is C15H19N3O5. The lowest BCUT2D eigenvalue weighted by Crippen LogP contribution is -2.44. The van der Waals surface area contributed by atoms with Gasteiger partial charge < -0.3 is 24.8 Å². The number of carbonyl (C=O) groups is 2. The molecule has 2 amide bonds. The second kappa shape index (κ2) is 6.93. The molecule has 2 N–H and O–H groups in total. The van der Waals surface area contributed by atoms with Crippen molar-refractivity contribution >= 4 is 12.0 Å². The van der Waals surface area contributed by atoms with Crippen LogP contribution in [-0.2, 0) is 14.2 Å². The Morgan fingerprint density at radius 1 is 1.30 bits per heavy atom. The molecule has 0 aliphatic carbocycles. The van der Waals surface area contributed by atoms with Crippen LogP contribution in [0, 0.1) is 0 Å².